The van der Waals surface area contributed by atoms with Crippen molar-refractivity contribution in [1.82, 2.24) is 0 Å². The van der Waals surface area contributed by atoms with Crippen LogP contribution in [0, 0.1) is 29.6 Å². The summed E-state index contributed by atoms with van der Waals surface area (Å²) in [7, 11) is 0. The number of allylic oxidation sites excluding steroid dienone is 4. The van der Waals surface area contributed by atoms with Crippen LogP contribution in [0.4, 0.5) is 0 Å². The summed E-state index contributed by atoms with van der Waals surface area (Å²) in [4.78, 5) is 5.22. The Hall–Kier alpha value is -0.370. The van der Waals surface area contributed by atoms with Gasteiger partial charge >= 0.3 is 0 Å². The molecular weight excluding hydrogens is 322 g/mol. The lowest BCUT2D eigenvalue weighted by atomic mass is 9.70. The van der Waals surface area contributed by atoms with Gasteiger partial charge in [-0.2, -0.15) is 0 Å². The Kier molecular flexibility index (Phi) is 5.51. The first-order valence-electron chi connectivity index (χ1n) is 8.32. The van der Waals surface area contributed by atoms with Crippen LogP contribution >= 0.6 is 15.9 Å². The van der Waals surface area contributed by atoms with Crippen LogP contribution in [0.5, 0.6) is 0 Å². The van der Waals surface area contributed by atoms with Gasteiger partial charge in [0.1, 0.15) is 0 Å². The van der Waals surface area contributed by atoms with Crippen molar-refractivity contribution in [2.75, 3.05) is 0 Å². The molecule has 5 atom stereocenters. The molecule has 0 radical (unpaired) electrons. The molecule has 0 amide bonds. The molecule has 2 aliphatic carbocycles. The molecule has 0 heterocycles. The Bertz CT molecular complexity index is 427. The van der Waals surface area contributed by atoms with Crippen LogP contribution in [-0.4, -0.2) is 16.6 Å². The zero-order valence-corrected chi connectivity index (χ0v) is 15.7. The molecule has 0 fully saturated rings. The Morgan fingerprint density at radius 3 is 2.48 bits per heavy atom. The number of halogens is 1. The summed E-state index contributed by atoms with van der Waals surface area (Å²) in [6.45, 7) is 11.1. The molecule has 1 nitrogen and oxygen atoms in total. The van der Waals surface area contributed by atoms with Crippen molar-refractivity contribution in [3.05, 3.63) is 24.3 Å². The highest BCUT2D eigenvalue weighted by Crippen LogP contribution is 2.42. The van der Waals surface area contributed by atoms with Gasteiger partial charge in [-0.25, -0.2) is 0 Å². The summed E-state index contributed by atoms with van der Waals surface area (Å²) >= 11 is 3.98. The van der Waals surface area contributed by atoms with Crippen molar-refractivity contribution < 1.29 is 0 Å². The van der Waals surface area contributed by atoms with Crippen LogP contribution in [0.2, 0.25) is 0 Å². The van der Waals surface area contributed by atoms with Crippen LogP contribution in [0.15, 0.2) is 29.3 Å². The second-order valence-electron chi connectivity index (χ2n) is 8.11. The highest BCUT2D eigenvalue weighted by atomic mass is 79.9. The third kappa shape index (κ3) is 4.81. The van der Waals surface area contributed by atoms with E-state index in [0.717, 1.165) is 11.8 Å². The lowest BCUT2D eigenvalue weighted by Gasteiger charge is -2.39. The fraction of sp³-hybridized carbons (Fsp3) is 0.737. The third-order valence-electron chi connectivity index (χ3n) is 4.42. The molecule has 118 valence electrons. The number of aliphatic imine (C=N–C) groups is 1. The smallest absolute Gasteiger partial charge is 0.0520 e. The highest BCUT2D eigenvalue weighted by molar-refractivity contribution is 9.09. The molecule has 0 aromatic heterocycles. The van der Waals surface area contributed by atoms with Crippen LogP contribution in [0.3, 0.4) is 0 Å². The maximum absolute atomic E-state index is 4.71. The van der Waals surface area contributed by atoms with Gasteiger partial charge in [0.15, 0.2) is 0 Å². The molecule has 0 aromatic carbocycles. The number of fused-ring (bicyclic) bond motifs is 1. The SMILES string of the molecule is CC(C)CC1C=CC2C=CC(C=NC(C)(C)C)C(Br)C2C1. The molecule has 0 spiro atoms. The van der Waals surface area contributed by atoms with E-state index in [2.05, 4.69) is 81.1 Å². The predicted molar refractivity (Wildman–Crippen MR) is 97.3 cm³/mol. The average molecular weight is 352 g/mol. The van der Waals surface area contributed by atoms with Crippen molar-refractivity contribution >= 4 is 22.1 Å². The van der Waals surface area contributed by atoms with Crippen molar-refractivity contribution in [1.29, 1.82) is 0 Å². The molecule has 0 aromatic rings. The summed E-state index contributed by atoms with van der Waals surface area (Å²) in [5.41, 5.74) is 0.0179. The molecule has 0 bridgehead atoms. The van der Waals surface area contributed by atoms with Gasteiger partial charge in [0.25, 0.3) is 0 Å². The highest BCUT2D eigenvalue weighted by Gasteiger charge is 2.36. The normalized spacial score (nSPS) is 36.4. The molecule has 5 unspecified atom stereocenters. The van der Waals surface area contributed by atoms with E-state index in [0.29, 0.717) is 22.6 Å². The average Bonchev–Trinajstić information content (AvgIpc) is 2.37. The second-order valence-corrected chi connectivity index (χ2v) is 9.16. The Balaban J connectivity index is 2.08. The Morgan fingerprint density at radius 2 is 1.86 bits per heavy atom. The molecule has 2 heteroatoms. The summed E-state index contributed by atoms with van der Waals surface area (Å²) in [5.74, 6) is 3.27. The van der Waals surface area contributed by atoms with Gasteiger partial charge in [-0.05, 0) is 57.3 Å². The van der Waals surface area contributed by atoms with E-state index >= 15 is 0 Å². The second kappa shape index (κ2) is 6.81. The van der Waals surface area contributed by atoms with Crippen molar-refractivity contribution in [3.8, 4) is 0 Å². The van der Waals surface area contributed by atoms with Crippen LogP contribution in [-0.2, 0) is 0 Å². The van der Waals surface area contributed by atoms with Crippen molar-refractivity contribution in [3.63, 3.8) is 0 Å². The summed E-state index contributed by atoms with van der Waals surface area (Å²) in [6, 6.07) is 0. The standard InChI is InChI=1S/C19H30BrN/c1-13(2)10-14-6-7-15-8-9-16(12-21-19(3,4)5)18(20)17(15)11-14/h6-9,12-18H,10-11H2,1-5H3. The van der Waals surface area contributed by atoms with E-state index in [1.165, 1.54) is 12.8 Å². The van der Waals surface area contributed by atoms with Crippen molar-refractivity contribution in [2.24, 2.45) is 34.6 Å². The van der Waals surface area contributed by atoms with Crippen molar-refractivity contribution in [2.45, 2.75) is 57.8 Å². The maximum Gasteiger partial charge on any atom is 0.0520 e. The van der Waals surface area contributed by atoms with E-state index in [-0.39, 0.29) is 5.54 Å². The number of hydrogen-bond acceptors (Lipinski definition) is 1. The minimum Gasteiger partial charge on any atom is -0.291 e. The lowest BCUT2D eigenvalue weighted by Crippen LogP contribution is -2.35. The molecule has 0 aliphatic heterocycles. The first-order valence-corrected chi connectivity index (χ1v) is 9.24. The monoisotopic (exact) mass is 351 g/mol. The quantitative estimate of drug-likeness (QED) is 0.353. The molecule has 0 N–H and O–H groups in total. The number of alkyl halides is 1. The van der Waals surface area contributed by atoms with Crippen LogP contribution in [0.1, 0.15) is 47.5 Å². The molecule has 21 heavy (non-hydrogen) atoms. The van der Waals surface area contributed by atoms with E-state index in [1.807, 2.05) is 0 Å². The molecule has 2 aliphatic rings. The molecule has 0 saturated heterocycles. The van der Waals surface area contributed by atoms with E-state index in [4.69, 9.17) is 4.99 Å². The zero-order chi connectivity index (χ0) is 15.6. The third-order valence-corrected chi connectivity index (χ3v) is 5.70. The Morgan fingerprint density at radius 1 is 1.19 bits per heavy atom. The number of rotatable bonds is 3. The fourth-order valence-corrected chi connectivity index (χ4v) is 4.31. The topological polar surface area (TPSA) is 12.4 Å². The predicted octanol–water partition coefficient (Wildman–Crippen LogP) is 5.66. The first kappa shape index (κ1) is 17.0. The Labute approximate surface area is 139 Å². The van der Waals surface area contributed by atoms with Crippen LogP contribution < -0.4 is 0 Å². The summed E-state index contributed by atoms with van der Waals surface area (Å²) in [6.07, 6.45) is 14.4. The van der Waals surface area contributed by atoms with Gasteiger partial charge in [-0.1, -0.05) is 54.1 Å². The maximum atomic E-state index is 4.71. The number of nitrogens with zero attached hydrogens (tertiary/aromatic N) is 1. The lowest BCUT2D eigenvalue weighted by molar-refractivity contribution is 0.293. The summed E-state index contributed by atoms with van der Waals surface area (Å²) in [5, 5.41) is 0. The van der Waals surface area contributed by atoms with E-state index in [9.17, 15) is 0 Å². The van der Waals surface area contributed by atoms with Gasteiger partial charge in [-0.3, -0.25) is 4.99 Å². The zero-order valence-electron chi connectivity index (χ0n) is 14.1. The largest absolute Gasteiger partial charge is 0.291 e. The minimum absolute atomic E-state index is 0.0179. The number of hydrogen-bond donors (Lipinski definition) is 0. The molecular formula is C19H30BrN. The van der Waals surface area contributed by atoms with Gasteiger partial charge in [0.05, 0.1) is 5.54 Å². The van der Waals surface area contributed by atoms with Gasteiger partial charge in [-0.15, -0.1) is 0 Å². The molecule has 0 saturated carbocycles. The fourth-order valence-electron chi connectivity index (χ4n) is 3.43. The molecule has 2 rings (SSSR count). The van der Waals surface area contributed by atoms with Gasteiger partial charge in [0.2, 0.25) is 0 Å². The van der Waals surface area contributed by atoms with E-state index < -0.39 is 0 Å². The van der Waals surface area contributed by atoms with Gasteiger partial charge in [0, 0.05) is 17.0 Å². The van der Waals surface area contributed by atoms with Gasteiger partial charge < -0.3 is 0 Å². The first-order chi connectivity index (χ1) is 9.76. The minimum atomic E-state index is 0.0179. The van der Waals surface area contributed by atoms with Crippen LogP contribution in [0.25, 0.3) is 0 Å². The van der Waals surface area contributed by atoms with E-state index in [1.54, 1.807) is 0 Å². The summed E-state index contributed by atoms with van der Waals surface area (Å²) < 4.78 is 0.